The van der Waals surface area contributed by atoms with Crippen molar-refractivity contribution >= 4 is 29.9 Å². The van der Waals surface area contributed by atoms with Gasteiger partial charge in [-0.05, 0) is 30.7 Å². The molecule has 1 aliphatic heterocycles. The van der Waals surface area contributed by atoms with Gasteiger partial charge in [0.15, 0.2) is 0 Å². The number of halogens is 1. The predicted octanol–water partition coefficient (Wildman–Crippen LogP) is 2.22. The highest BCUT2D eigenvalue weighted by molar-refractivity contribution is 5.97. The maximum atomic E-state index is 12.4. The molecule has 28 heavy (non-hydrogen) atoms. The smallest absolute Gasteiger partial charge is 0.251 e. The highest BCUT2D eigenvalue weighted by atomic mass is 35.5. The van der Waals surface area contributed by atoms with Crippen LogP contribution in [0.3, 0.4) is 0 Å². The molecule has 150 valence electrons. The van der Waals surface area contributed by atoms with Crippen LogP contribution >= 0.6 is 12.4 Å². The minimum atomic E-state index is -0.148. The normalized spacial score (nSPS) is 18.9. The molecular weight excluding hydrogens is 376 g/mol. The van der Waals surface area contributed by atoms with E-state index < -0.39 is 0 Å². The number of benzene rings is 2. The lowest BCUT2D eigenvalue weighted by atomic mass is 9.95. The summed E-state index contributed by atoms with van der Waals surface area (Å²) in [5.41, 5.74) is 8.65. The quantitative estimate of drug-likeness (QED) is 0.691. The van der Waals surface area contributed by atoms with Crippen molar-refractivity contribution < 1.29 is 9.59 Å². The molecular formula is C21H27ClN4O2. The van der Waals surface area contributed by atoms with Gasteiger partial charge in [0.1, 0.15) is 0 Å². The molecule has 1 aliphatic rings. The molecule has 7 heteroatoms. The summed E-state index contributed by atoms with van der Waals surface area (Å²) in [5, 5.41) is 5.63. The fourth-order valence-electron chi connectivity index (χ4n) is 3.50. The highest BCUT2D eigenvalue weighted by Crippen LogP contribution is 2.26. The Kier molecular flexibility index (Phi) is 7.99. The molecule has 1 saturated heterocycles. The summed E-state index contributed by atoms with van der Waals surface area (Å²) in [6, 6.07) is 17.2. The number of hydrogen-bond acceptors (Lipinski definition) is 4. The number of carbonyl (C=O) groups excluding carboxylic acids is 2. The van der Waals surface area contributed by atoms with Gasteiger partial charge in [0, 0.05) is 42.8 Å². The third kappa shape index (κ3) is 5.55. The third-order valence-corrected chi connectivity index (χ3v) is 4.78. The minimum absolute atomic E-state index is 0. The Morgan fingerprint density at radius 3 is 2.57 bits per heavy atom. The first kappa shape index (κ1) is 21.9. The van der Waals surface area contributed by atoms with E-state index in [1.807, 2.05) is 25.1 Å². The molecule has 3 rings (SSSR count). The number of rotatable bonds is 6. The van der Waals surface area contributed by atoms with Crippen LogP contribution in [0.1, 0.15) is 28.8 Å². The summed E-state index contributed by atoms with van der Waals surface area (Å²) in [6.07, 6.45) is 0. The van der Waals surface area contributed by atoms with E-state index in [0.717, 1.165) is 6.54 Å². The Morgan fingerprint density at radius 1 is 1.11 bits per heavy atom. The molecule has 0 aliphatic carbocycles. The van der Waals surface area contributed by atoms with Crippen LogP contribution in [0, 0.1) is 0 Å². The zero-order valence-electron chi connectivity index (χ0n) is 15.9. The number of amides is 2. The molecule has 1 fully saturated rings. The maximum absolute atomic E-state index is 12.4. The summed E-state index contributed by atoms with van der Waals surface area (Å²) in [7, 11) is 0. The second-order valence-corrected chi connectivity index (χ2v) is 6.86. The van der Waals surface area contributed by atoms with Crippen molar-refractivity contribution in [3.63, 3.8) is 0 Å². The Balaban J connectivity index is 0.00000280. The first-order valence-corrected chi connectivity index (χ1v) is 9.28. The van der Waals surface area contributed by atoms with Crippen LogP contribution in [0.2, 0.25) is 0 Å². The van der Waals surface area contributed by atoms with Gasteiger partial charge in [0.25, 0.3) is 5.91 Å². The maximum Gasteiger partial charge on any atom is 0.251 e. The Morgan fingerprint density at radius 2 is 1.86 bits per heavy atom. The number of nitrogens with zero attached hydrogens (tertiary/aromatic N) is 1. The lowest BCUT2D eigenvalue weighted by Gasteiger charge is -2.16. The zero-order valence-corrected chi connectivity index (χ0v) is 16.7. The Labute approximate surface area is 171 Å². The van der Waals surface area contributed by atoms with Gasteiger partial charge in [-0.25, -0.2) is 0 Å². The third-order valence-electron chi connectivity index (χ3n) is 4.78. The van der Waals surface area contributed by atoms with Crippen molar-refractivity contribution in [2.75, 3.05) is 31.5 Å². The zero-order chi connectivity index (χ0) is 19.2. The molecule has 0 aromatic heterocycles. The van der Waals surface area contributed by atoms with Crippen molar-refractivity contribution in [2.45, 2.75) is 18.9 Å². The predicted molar refractivity (Wildman–Crippen MR) is 114 cm³/mol. The number of hydrogen-bond donors (Lipinski definition) is 3. The number of likely N-dealkylation sites (tertiary alicyclic amines) is 1. The van der Waals surface area contributed by atoms with E-state index in [1.165, 1.54) is 5.56 Å². The molecule has 4 N–H and O–H groups in total. The van der Waals surface area contributed by atoms with Crippen LogP contribution in [0.15, 0.2) is 54.6 Å². The van der Waals surface area contributed by atoms with E-state index in [1.54, 1.807) is 24.3 Å². The van der Waals surface area contributed by atoms with E-state index in [2.05, 4.69) is 27.7 Å². The molecule has 1 heterocycles. The second-order valence-electron chi connectivity index (χ2n) is 6.86. The van der Waals surface area contributed by atoms with Crippen molar-refractivity contribution in [1.29, 1.82) is 0 Å². The molecule has 0 spiro atoms. The molecule has 6 nitrogen and oxygen atoms in total. The van der Waals surface area contributed by atoms with Crippen molar-refractivity contribution in [2.24, 2.45) is 5.73 Å². The van der Waals surface area contributed by atoms with Crippen LogP contribution in [-0.4, -0.2) is 48.9 Å². The number of carbonyl (C=O) groups is 2. The first-order valence-electron chi connectivity index (χ1n) is 9.28. The summed E-state index contributed by atoms with van der Waals surface area (Å²) in [6.45, 7) is 4.16. The van der Waals surface area contributed by atoms with Crippen molar-refractivity contribution in [3.05, 3.63) is 65.7 Å². The lowest BCUT2D eigenvalue weighted by molar-refractivity contribution is -0.117. The number of anilines is 1. The summed E-state index contributed by atoms with van der Waals surface area (Å²) >= 11 is 0. The molecule has 0 unspecified atom stereocenters. The molecule has 2 atom stereocenters. The van der Waals surface area contributed by atoms with Crippen molar-refractivity contribution in [1.82, 2.24) is 10.2 Å². The lowest BCUT2D eigenvalue weighted by Crippen LogP contribution is -2.33. The minimum Gasteiger partial charge on any atom is -0.352 e. The second kappa shape index (κ2) is 10.2. The van der Waals surface area contributed by atoms with Crippen molar-refractivity contribution in [3.8, 4) is 0 Å². The fourth-order valence-corrected chi connectivity index (χ4v) is 3.50. The van der Waals surface area contributed by atoms with Gasteiger partial charge in [0.05, 0.1) is 6.54 Å². The summed E-state index contributed by atoms with van der Waals surface area (Å²) < 4.78 is 0. The molecule has 0 saturated carbocycles. The van der Waals surface area contributed by atoms with E-state index >= 15 is 0 Å². The van der Waals surface area contributed by atoms with Gasteiger partial charge < -0.3 is 16.4 Å². The monoisotopic (exact) mass is 402 g/mol. The summed E-state index contributed by atoms with van der Waals surface area (Å²) in [4.78, 5) is 26.4. The van der Waals surface area contributed by atoms with E-state index in [-0.39, 0.29) is 42.7 Å². The Hall–Kier alpha value is -2.41. The van der Waals surface area contributed by atoms with Gasteiger partial charge in [0.2, 0.25) is 5.91 Å². The molecule has 2 amide bonds. The summed E-state index contributed by atoms with van der Waals surface area (Å²) in [5.74, 6) is -0.0196. The van der Waals surface area contributed by atoms with Crippen LogP contribution < -0.4 is 16.4 Å². The number of nitrogens with one attached hydrogen (secondary N) is 2. The molecule has 2 aromatic rings. The average Bonchev–Trinajstić information content (AvgIpc) is 3.02. The molecule has 0 radical (unpaired) electrons. The fraction of sp³-hybridized carbons (Fsp3) is 0.333. The van der Waals surface area contributed by atoms with Crippen LogP contribution in [0.25, 0.3) is 0 Å². The standard InChI is InChI=1S/C21H26N4O2.ClH/c1-2-23-21(27)16-9-6-10-17(11-16)24-20(26)14-25-12-18(19(22)13-25)15-7-4-3-5-8-15;/h3-11,18-19H,2,12-14,22H2,1H3,(H,23,27)(H,24,26);1H/t18-,19+;/m0./s1. The van der Waals surface area contributed by atoms with Crippen LogP contribution in [-0.2, 0) is 4.79 Å². The average molecular weight is 403 g/mol. The molecule has 0 bridgehead atoms. The van der Waals surface area contributed by atoms with Gasteiger partial charge in [-0.3, -0.25) is 14.5 Å². The number of nitrogens with two attached hydrogens (primary N) is 1. The first-order chi connectivity index (χ1) is 13.1. The largest absolute Gasteiger partial charge is 0.352 e. The topological polar surface area (TPSA) is 87.5 Å². The van der Waals surface area contributed by atoms with Crippen LogP contribution in [0.5, 0.6) is 0 Å². The van der Waals surface area contributed by atoms with E-state index in [9.17, 15) is 9.59 Å². The molecule has 2 aromatic carbocycles. The SMILES string of the molecule is CCNC(=O)c1cccc(NC(=O)CN2C[C@@H](N)[C@H](c3ccccc3)C2)c1.Cl. The highest BCUT2D eigenvalue weighted by Gasteiger charge is 2.31. The van der Waals surface area contributed by atoms with Crippen LogP contribution in [0.4, 0.5) is 5.69 Å². The van der Waals surface area contributed by atoms with Gasteiger partial charge in [-0.1, -0.05) is 36.4 Å². The van der Waals surface area contributed by atoms with Gasteiger partial charge >= 0.3 is 0 Å². The van der Waals surface area contributed by atoms with Gasteiger partial charge in [-0.15, -0.1) is 12.4 Å². The Bertz CT molecular complexity index is 800. The van der Waals surface area contributed by atoms with Gasteiger partial charge in [-0.2, -0.15) is 0 Å². The van der Waals surface area contributed by atoms with E-state index in [0.29, 0.717) is 24.3 Å². The van der Waals surface area contributed by atoms with E-state index in [4.69, 9.17) is 5.73 Å².